The largest absolute Gasteiger partial charge is 0.309 e. The lowest BCUT2D eigenvalue weighted by Crippen LogP contribution is -2.02. The molecular formula is C104H66N8. The number of nitrogens with zero attached hydrogens (tertiary/aromatic N) is 8. The van der Waals surface area contributed by atoms with Gasteiger partial charge in [-0.05, 0) is 149 Å². The lowest BCUT2D eigenvalue weighted by Gasteiger charge is -2.17. The minimum absolute atomic E-state index is 0.615. The molecule has 16 aromatic carbocycles. The van der Waals surface area contributed by atoms with E-state index in [9.17, 15) is 0 Å². The molecule has 8 heteroatoms. The zero-order chi connectivity index (χ0) is 73.7. The molecule has 0 radical (unpaired) electrons. The highest BCUT2D eigenvalue weighted by atomic mass is 15.0. The Kier molecular flexibility index (Phi) is 15.1. The third-order valence-corrected chi connectivity index (χ3v) is 22.3. The van der Waals surface area contributed by atoms with Crippen molar-refractivity contribution in [2.45, 2.75) is 0 Å². The molecule has 6 aromatic heterocycles. The maximum Gasteiger partial charge on any atom is 0.160 e. The summed E-state index contributed by atoms with van der Waals surface area (Å²) in [7, 11) is 0. The fraction of sp³-hybridized carbons (Fsp3) is 0. The van der Waals surface area contributed by atoms with Crippen LogP contribution in [0, 0.1) is 0 Å². The van der Waals surface area contributed by atoms with Gasteiger partial charge < -0.3 is 18.3 Å². The van der Waals surface area contributed by atoms with Gasteiger partial charge in [0.05, 0.1) is 66.9 Å². The van der Waals surface area contributed by atoms with Crippen LogP contribution in [0.1, 0.15) is 0 Å². The van der Waals surface area contributed by atoms with Crippen molar-refractivity contribution in [3.05, 3.63) is 400 Å². The number of aromatic nitrogens is 8. The first-order valence-electron chi connectivity index (χ1n) is 38.1. The monoisotopic (exact) mass is 1430 g/mol. The highest BCUT2D eigenvalue weighted by Crippen LogP contribution is 2.44. The Hall–Kier alpha value is -15.1. The SMILES string of the molecule is c1ccc(-c2ccc(-c3cc(-c4cc(-n5c6ccccc6c6ccccc65)cc(-n5c6ccccc6c6cc(-c7cccc(-c8nc(-c9cccc(-c%10ccccc%10)c9)cc(-c9cc(-n%10c%11ccccc%11c%11ccccc%11%10)cc(-n%10c%11ccccc%11c%11ccccc%11%10)c9)n8)c7)ccc65)c4)nc(-c4ccccc4)n3)cc2)cc1. The maximum absolute atomic E-state index is 5.74. The molecule has 0 amide bonds. The molecule has 0 aliphatic carbocycles. The molecule has 0 bridgehead atoms. The highest BCUT2D eigenvalue weighted by Gasteiger charge is 2.24. The predicted molar refractivity (Wildman–Crippen MR) is 464 cm³/mol. The van der Waals surface area contributed by atoms with Gasteiger partial charge in [-0.1, -0.05) is 285 Å². The van der Waals surface area contributed by atoms with Crippen LogP contribution < -0.4 is 0 Å². The van der Waals surface area contributed by atoms with Crippen molar-refractivity contribution in [2.75, 3.05) is 0 Å². The van der Waals surface area contributed by atoms with E-state index in [1.165, 1.54) is 32.3 Å². The summed E-state index contributed by atoms with van der Waals surface area (Å²) in [5.41, 5.74) is 28.6. The molecule has 0 unspecified atom stereocenters. The van der Waals surface area contributed by atoms with E-state index in [0.29, 0.717) is 11.6 Å². The van der Waals surface area contributed by atoms with Gasteiger partial charge in [-0.2, -0.15) is 0 Å². The quantitative estimate of drug-likeness (QED) is 0.115. The molecule has 22 aromatic rings. The molecule has 0 aliphatic heterocycles. The van der Waals surface area contributed by atoms with Gasteiger partial charge >= 0.3 is 0 Å². The number of hydrogen-bond acceptors (Lipinski definition) is 4. The normalized spacial score (nSPS) is 11.8. The van der Waals surface area contributed by atoms with Gasteiger partial charge in [-0.25, -0.2) is 19.9 Å². The van der Waals surface area contributed by atoms with Crippen molar-refractivity contribution in [3.8, 4) is 124 Å². The second kappa shape index (κ2) is 26.4. The Morgan fingerprint density at radius 1 is 0.134 bits per heavy atom. The Labute approximate surface area is 645 Å². The van der Waals surface area contributed by atoms with E-state index < -0.39 is 0 Å². The van der Waals surface area contributed by atoms with Crippen LogP contribution in [0.25, 0.3) is 211 Å². The maximum atomic E-state index is 5.74. The molecule has 0 saturated carbocycles. The number of rotatable bonds is 13. The lowest BCUT2D eigenvalue weighted by molar-refractivity contribution is 1.13. The number of fused-ring (bicyclic) bond motifs is 12. The van der Waals surface area contributed by atoms with Gasteiger partial charge in [0.25, 0.3) is 0 Å². The standard InChI is InChI=1S/C104H66N8/c1-4-26-67(27-5-1)69-50-52-70(53-51-69)91-65-93(107-103(105-91)71-30-8-3-9-31-71)77-58-81(111-99-47-21-14-40-87(99)88-41-15-22-48-100(88)111)64-82(61-77)112-101-49-23-16-42-89(101)90-62-74(54-55-102(90)112)73-33-25-35-76(57-73)104-106-92(75-34-24-32-72(56-75)68-28-6-2-7-29-68)66-94(108-104)78-59-79(109-95-43-17-10-36-83(95)84-37-11-18-44-96(84)109)63-80(60-78)110-97-45-19-12-38-85(97)86-39-13-20-46-98(86)110/h1-66H. The van der Waals surface area contributed by atoms with Gasteiger partial charge in [-0.3, -0.25) is 0 Å². The zero-order valence-electron chi connectivity index (χ0n) is 60.7. The van der Waals surface area contributed by atoms with Crippen LogP contribution in [0.3, 0.4) is 0 Å². The van der Waals surface area contributed by atoms with Crippen LogP contribution >= 0.6 is 0 Å². The minimum Gasteiger partial charge on any atom is -0.309 e. The van der Waals surface area contributed by atoms with E-state index in [1.807, 2.05) is 6.07 Å². The summed E-state index contributed by atoms with van der Waals surface area (Å²) in [6.07, 6.45) is 0. The molecule has 0 fully saturated rings. The van der Waals surface area contributed by atoms with Crippen molar-refractivity contribution < 1.29 is 0 Å². The second-order valence-electron chi connectivity index (χ2n) is 28.9. The minimum atomic E-state index is 0.615. The van der Waals surface area contributed by atoms with Crippen molar-refractivity contribution in [3.63, 3.8) is 0 Å². The van der Waals surface area contributed by atoms with Gasteiger partial charge in [-0.15, -0.1) is 0 Å². The van der Waals surface area contributed by atoms with Gasteiger partial charge in [0.1, 0.15) is 0 Å². The van der Waals surface area contributed by atoms with Crippen molar-refractivity contribution in [1.82, 2.24) is 38.2 Å². The summed E-state index contributed by atoms with van der Waals surface area (Å²) < 4.78 is 9.69. The number of benzene rings is 16. The van der Waals surface area contributed by atoms with E-state index in [4.69, 9.17) is 19.9 Å². The van der Waals surface area contributed by atoms with E-state index in [1.54, 1.807) is 0 Å². The van der Waals surface area contributed by atoms with Crippen LogP contribution in [0.2, 0.25) is 0 Å². The van der Waals surface area contributed by atoms with E-state index in [2.05, 4.69) is 413 Å². The number of para-hydroxylation sites is 7. The summed E-state index contributed by atoms with van der Waals surface area (Å²) in [5, 5.41) is 9.41. The van der Waals surface area contributed by atoms with Crippen LogP contribution in [0.15, 0.2) is 400 Å². The number of hydrogen-bond donors (Lipinski definition) is 0. The van der Waals surface area contributed by atoms with E-state index >= 15 is 0 Å². The fourth-order valence-electron chi connectivity index (χ4n) is 17.2. The van der Waals surface area contributed by atoms with Crippen LogP contribution in [0.5, 0.6) is 0 Å². The second-order valence-corrected chi connectivity index (χ2v) is 28.9. The molecule has 6 heterocycles. The molecule has 0 saturated heterocycles. The van der Waals surface area contributed by atoms with Crippen molar-refractivity contribution in [1.29, 1.82) is 0 Å². The fourth-order valence-corrected chi connectivity index (χ4v) is 17.2. The van der Waals surface area contributed by atoms with E-state index in [-0.39, 0.29) is 0 Å². The molecule has 8 nitrogen and oxygen atoms in total. The average molecular weight is 1430 g/mol. The summed E-state index contributed by atoms with van der Waals surface area (Å²) in [4.78, 5) is 22.2. The topological polar surface area (TPSA) is 71.3 Å². The predicted octanol–water partition coefficient (Wildman–Crippen LogP) is 26.7. The Morgan fingerprint density at radius 2 is 0.384 bits per heavy atom. The highest BCUT2D eigenvalue weighted by molar-refractivity contribution is 6.13. The third-order valence-electron chi connectivity index (χ3n) is 22.3. The molecule has 0 atom stereocenters. The summed E-state index contributed by atoms with van der Waals surface area (Å²) in [6, 6.07) is 144. The molecule has 0 spiro atoms. The van der Waals surface area contributed by atoms with Crippen LogP contribution in [-0.4, -0.2) is 38.2 Å². The van der Waals surface area contributed by atoms with Crippen LogP contribution in [0.4, 0.5) is 0 Å². The first kappa shape index (κ1) is 64.1. The smallest absolute Gasteiger partial charge is 0.160 e. The summed E-state index contributed by atoms with van der Waals surface area (Å²) in [5.74, 6) is 1.27. The first-order valence-corrected chi connectivity index (χ1v) is 38.1. The molecule has 22 rings (SSSR count). The third kappa shape index (κ3) is 10.9. The Bertz CT molecular complexity index is 7200. The first-order chi connectivity index (χ1) is 55.5. The lowest BCUT2D eigenvalue weighted by atomic mass is 9.99. The molecule has 0 aliphatic rings. The molecular weight excluding hydrogens is 1360 g/mol. The van der Waals surface area contributed by atoms with Gasteiger partial charge in [0.15, 0.2) is 11.6 Å². The van der Waals surface area contributed by atoms with Crippen molar-refractivity contribution in [2.24, 2.45) is 0 Å². The van der Waals surface area contributed by atoms with Gasteiger partial charge in [0, 0.05) is 99.2 Å². The van der Waals surface area contributed by atoms with Crippen molar-refractivity contribution >= 4 is 87.2 Å². The summed E-state index contributed by atoms with van der Waals surface area (Å²) in [6.45, 7) is 0. The molecule has 112 heavy (non-hydrogen) atoms. The Morgan fingerprint density at radius 3 is 0.795 bits per heavy atom. The van der Waals surface area contributed by atoms with E-state index in [0.717, 1.165) is 167 Å². The summed E-state index contributed by atoms with van der Waals surface area (Å²) >= 11 is 0. The Balaban J connectivity index is 0.718. The average Bonchev–Trinajstić information content (AvgIpc) is 1.57. The molecule has 522 valence electrons. The molecule has 0 N–H and O–H groups in total. The zero-order valence-corrected chi connectivity index (χ0v) is 60.7. The van der Waals surface area contributed by atoms with Gasteiger partial charge in [0.2, 0.25) is 0 Å². The van der Waals surface area contributed by atoms with Crippen LogP contribution in [-0.2, 0) is 0 Å².